The summed E-state index contributed by atoms with van der Waals surface area (Å²) in [6.07, 6.45) is 0. The highest BCUT2D eigenvalue weighted by Crippen LogP contribution is 2.23. The van der Waals surface area contributed by atoms with E-state index < -0.39 is 0 Å². The number of hydrogen-bond donors (Lipinski definition) is 0. The van der Waals surface area contributed by atoms with Crippen molar-refractivity contribution in [3.63, 3.8) is 0 Å². The zero-order chi connectivity index (χ0) is 16.3. The predicted molar refractivity (Wildman–Crippen MR) is 88.7 cm³/mol. The molecule has 0 bridgehead atoms. The maximum Gasteiger partial charge on any atom is 0.244 e. The van der Waals surface area contributed by atoms with E-state index in [1.807, 2.05) is 58.1 Å². The van der Waals surface area contributed by atoms with Crippen LogP contribution in [0.25, 0.3) is 0 Å². The van der Waals surface area contributed by atoms with Crippen molar-refractivity contribution in [1.82, 2.24) is 19.4 Å². The molecular formula is C16H22N4OS. The van der Waals surface area contributed by atoms with Crippen molar-refractivity contribution in [3.8, 4) is 0 Å². The highest BCUT2D eigenvalue weighted by Gasteiger charge is 2.26. The molecule has 22 heavy (non-hydrogen) atoms. The van der Waals surface area contributed by atoms with E-state index in [-0.39, 0.29) is 11.9 Å². The number of carbonyl (C=O) groups excluding carboxylic acids is 1. The average Bonchev–Trinajstić information content (AvgIpc) is 2.84. The second kappa shape index (κ2) is 6.98. The summed E-state index contributed by atoms with van der Waals surface area (Å²) in [5.74, 6) is 0.0726. The van der Waals surface area contributed by atoms with Crippen molar-refractivity contribution >= 4 is 17.4 Å². The summed E-state index contributed by atoms with van der Waals surface area (Å²) in [6, 6.07) is 7.81. The highest BCUT2D eigenvalue weighted by molar-refractivity contribution is 7.05. The number of benzene rings is 1. The Kier molecular flexibility index (Phi) is 5.26. The minimum atomic E-state index is -0.286. The van der Waals surface area contributed by atoms with Crippen molar-refractivity contribution in [1.29, 1.82) is 0 Å². The summed E-state index contributed by atoms with van der Waals surface area (Å²) in [5.41, 5.74) is 3.06. The number of aryl methyl sites for hydroxylation is 2. The summed E-state index contributed by atoms with van der Waals surface area (Å²) in [5, 5.41) is 4.00. The van der Waals surface area contributed by atoms with Crippen LogP contribution in [0.5, 0.6) is 0 Å². The fourth-order valence-corrected chi connectivity index (χ4v) is 3.09. The van der Waals surface area contributed by atoms with Gasteiger partial charge in [-0.05, 0) is 45.0 Å². The van der Waals surface area contributed by atoms with Crippen molar-refractivity contribution in [2.24, 2.45) is 0 Å². The number of aromatic nitrogens is 2. The van der Waals surface area contributed by atoms with Gasteiger partial charge in [0, 0.05) is 7.05 Å². The molecule has 1 aromatic carbocycles. The van der Waals surface area contributed by atoms with Gasteiger partial charge in [-0.3, -0.25) is 9.69 Å². The van der Waals surface area contributed by atoms with Gasteiger partial charge in [0.25, 0.3) is 0 Å². The van der Waals surface area contributed by atoms with Gasteiger partial charge in [-0.2, -0.15) is 0 Å². The van der Waals surface area contributed by atoms with E-state index in [2.05, 4.69) is 15.7 Å². The van der Waals surface area contributed by atoms with Crippen LogP contribution >= 0.6 is 11.5 Å². The second-order valence-electron chi connectivity index (χ2n) is 5.76. The molecule has 1 atom stereocenters. The third-order valence-corrected chi connectivity index (χ3v) is 4.42. The first kappa shape index (κ1) is 16.6. The number of rotatable bonds is 5. The Bertz CT molecular complexity index is 653. The standard InChI is InChI=1S/C16H22N4OS/c1-11-7-6-8-13(9-11)15(19(3)4)16(21)20(5)10-14-12(2)17-18-22-14/h6-9,15H,10H2,1-5H3/t15-/m1/s1. The molecule has 0 N–H and O–H groups in total. The van der Waals surface area contributed by atoms with Gasteiger partial charge in [0.2, 0.25) is 5.91 Å². The van der Waals surface area contributed by atoms with Gasteiger partial charge in [0.15, 0.2) is 0 Å². The van der Waals surface area contributed by atoms with Gasteiger partial charge < -0.3 is 4.90 Å². The molecular weight excluding hydrogens is 296 g/mol. The zero-order valence-corrected chi connectivity index (χ0v) is 14.5. The number of hydrogen-bond acceptors (Lipinski definition) is 5. The molecule has 0 aliphatic heterocycles. The van der Waals surface area contributed by atoms with Crippen LogP contribution in [-0.2, 0) is 11.3 Å². The molecule has 2 rings (SSSR count). The van der Waals surface area contributed by atoms with E-state index in [0.717, 1.165) is 21.7 Å². The van der Waals surface area contributed by atoms with Gasteiger partial charge >= 0.3 is 0 Å². The first-order chi connectivity index (χ1) is 10.4. The smallest absolute Gasteiger partial charge is 0.244 e. The van der Waals surface area contributed by atoms with Gasteiger partial charge in [-0.25, -0.2) is 0 Å². The van der Waals surface area contributed by atoms with Crippen LogP contribution < -0.4 is 0 Å². The van der Waals surface area contributed by atoms with Gasteiger partial charge in [-0.1, -0.05) is 34.3 Å². The lowest BCUT2D eigenvalue weighted by Gasteiger charge is -2.28. The molecule has 1 heterocycles. The first-order valence-electron chi connectivity index (χ1n) is 7.16. The maximum atomic E-state index is 12.9. The molecule has 2 aromatic rings. The first-order valence-corrected chi connectivity index (χ1v) is 7.93. The summed E-state index contributed by atoms with van der Waals surface area (Å²) in [6.45, 7) is 4.50. The normalized spacial score (nSPS) is 12.5. The molecule has 0 saturated carbocycles. The molecule has 118 valence electrons. The zero-order valence-electron chi connectivity index (χ0n) is 13.7. The number of nitrogens with zero attached hydrogens (tertiary/aromatic N) is 4. The van der Waals surface area contributed by atoms with E-state index in [0.29, 0.717) is 6.54 Å². The molecule has 0 saturated heterocycles. The quantitative estimate of drug-likeness (QED) is 0.849. The largest absolute Gasteiger partial charge is 0.339 e. The molecule has 0 fully saturated rings. The molecule has 1 aromatic heterocycles. The van der Waals surface area contributed by atoms with Gasteiger partial charge in [0.05, 0.1) is 17.1 Å². The predicted octanol–water partition coefficient (Wildman–Crippen LogP) is 2.42. The number of amides is 1. The fraction of sp³-hybridized carbons (Fsp3) is 0.438. The minimum Gasteiger partial charge on any atom is -0.339 e. The van der Waals surface area contributed by atoms with Crippen molar-refractivity contribution in [2.45, 2.75) is 26.4 Å². The Morgan fingerprint density at radius 2 is 2.00 bits per heavy atom. The molecule has 0 aliphatic rings. The minimum absolute atomic E-state index is 0.0726. The highest BCUT2D eigenvalue weighted by atomic mass is 32.1. The van der Waals surface area contributed by atoms with Crippen LogP contribution in [0.2, 0.25) is 0 Å². The molecule has 6 heteroatoms. The van der Waals surface area contributed by atoms with Crippen LogP contribution in [0.3, 0.4) is 0 Å². The summed E-state index contributed by atoms with van der Waals surface area (Å²) >= 11 is 1.35. The van der Waals surface area contributed by atoms with E-state index in [1.165, 1.54) is 11.5 Å². The van der Waals surface area contributed by atoms with Crippen LogP contribution in [0.4, 0.5) is 0 Å². The molecule has 0 spiro atoms. The molecule has 0 aliphatic carbocycles. The SMILES string of the molecule is Cc1cccc([C@H](C(=O)N(C)Cc2snnc2C)N(C)C)c1. The summed E-state index contributed by atoms with van der Waals surface area (Å²) < 4.78 is 3.93. The monoisotopic (exact) mass is 318 g/mol. The van der Waals surface area contributed by atoms with Crippen molar-refractivity contribution in [2.75, 3.05) is 21.1 Å². The Hall–Kier alpha value is -1.79. The summed E-state index contributed by atoms with van der Waals surface area (Å²) in [7, 11) is 5.68. The Balaban J connectivity index is 2.21. The second-order valence-corrected chi connectivity index (χ2v) is 6.59. The van der Waals surface area contributed by atoms with E-state index >= 15 is 0 Å². The van der Waals surface area contributed by atoms with Crippen LogP contribution in [0.15, 0.2) is 24.3 Å². The van der Waals surface area contributed by atoms with Crippen LogP contribution in [0.1, 0.15) is 27.7 Å². The van der Waals surface area contributed by atoms with Gasteiger partial charge in [0.1, 0.15) is 6.04 Å². The molecule has 0 unspecified atom stereocenters. The number of carbonyl (C=O) groups is 1. The Labute approximate surface area is 135 Å². The van der Waals surface area contributed by atoms with Crippen LogP contribution in [-0.4, -0.2) is 46.4 Å². The summed E-state index contributed by atoms with van der Waals surface area (Å²) in [4.78, 5) is 17.6. The maximum absolute atomic E-state index is 12.9. The van der Waals surface area contributed by atoms with E-state index in [4.69, 9.17) is 0 Å². The van der Waals surface area contributed by atoms with E-state index in [9.17, 15) is 4.79 Å². The third kappa shape index (κ3) is 3.69. The Morgan fingerprint density at radius 1 is 1.27 bits per heavy atom. The lowest BCUT2D eigenvalue weighted by atomic mass is 10.0. The van der Waals surface area contributed by atoms with Crippen LogP contribution in [0, 0.1) is 13.8 Å². The Morgan fingerprint density at radius 3 is 2.55 bits per heavy atom. The van der Waals surface area contributed by atoms with E-state index in [1.54, 1.807) is 4.90 Å². The number of likely N-dealkylation sites (N-methyl/N-ethyl adjacent to an activating group) is 2. The molecule has 5 nitrogen and oxygen atoms in total. The third-order valence-electron chi connectivity index (χ3n) is 3.61. The topological polar surface area (TPSA) is 49.3 Å². The van der Waals surface area contributed by atoms with Crippen molar-refractivity contribution < 1.29 is 4.79 Å². The average molecular weight is 318 g/mol. The molecule has 0 radical (unpaired) electrons. The lowest BCUT2D eigenvalue weighted by Crippen LogP contribution is -2.38. The van der Waals surface area contributed by atoms with Gasteiger partial charge in [-0.15, -0.1) is 5.10 Å². The van der Waals surface area contributed by atoms with Crippen molar-refractivity contribution in [3.05, 3.63) is 46.0 Å². The lowest BCUT2D eigenvalue weighted by molar-refractivity contribution is -0.135. The fourth-order valence-electron chi connectivity index (χ4n) is 2.40. The molecule has 1 amide bonds.